The predicted molar refractivity (Wildman–Crippen MR) is 74.5 cm³/mol. The minimum absolute atomic E-state index is 0.141. The van der Waals surface area contributed by atoms with Crippen molar-refractivity contribution in [2.75, 3.05) is 0 Å². The molecule has 0 heterocycles. The first-order valence-corrected chi connectivity index (χ1v) is 7.14. The van der Waals surface area contributed by atoms with Gasteiger partial charge in [0.1, 0.15) is 0 Å². The summed E-state index contributed by atoms with van der Waals surface area (Å²) in [6.07, 6.45) is 4.92. The van der Waals surface area contributed by atoms with Gasteiger partial charge in [0.2, 0.25) is 0 Å². The molecule has 1 aromatic rings. The van der Waals surface area contributed by atoms with Crippen LogP contribution in [0.15, 0.2) is 33.8 Å². The number of benzene rings is 1. The van der Waals surface area contributed by atoms with Crippen molar-refractivity contribution in [2.45, 2.75) is 25.7 Å². The molecule has 0 radical (unpaired) electrons. The minimum atomic E-state index is -0.141. The van der Waals surface area contributed by atoms with Crippen molar-refractivity contribution in [1.29, 1.82) is 0 Å². The third kappa shape index (κ3) is 2.21. The molecule has 3 rings (SSSR count). The van der Waals surface area contributed by atoms with Crippen LogP contribution in [0.1, 0.15) is 36.0 Å². The molecule has 2 atom stereocenters. The second-order valence-electron chi connectivity index (χ2n) is 5.10. The number of hydrazone groups is 1. The molecule has 94 valence electrons. The molecule has 0 unspecified atom stereocenters. The summed E-state index contributed by atoms with van der Waals surface area (Å²) in [7, 11) is 0. The van der Waals surface area contributed by atoms with E-state index in [-0.39, 0.29) is 5.91 Å². The maximum absolute atomic E-state index is 12.0. The fraction of sp³-hybridized carbons (Fsp3) is 0.429. The average molecular weight is 307 g/mol. The Hall–Kier alpha value is -1.16. The van der Waals surface area contributed by atoms with Gasteiger partial charge in [-0.25, -0.2) is 5.43 Å². The minimum Gasteiger partial charge on any atom is -0.267 e. The molecule has 2 aliphatic rings. The van der Waals surface area contributed by atoms with Crippen LogP contribution in [-0.4, -0.2) is 11.6 Å². The largest absolute Gasteiger partial charge is 0.272 e. The number of carbonyl (C=O) groups excluding carboxylic acids is 1. The fourth-order valence-electron chi connectivity index (χ4n) is 2.99. The number of rotatable bonds is 2. The van der Waals surface area contributed by atoms with Crippen LogP contribution in [0.3, 0.4) is 0 Å². The lowest BCUT2D eigenvalue weighted by atomic mass is 9.99. The Kier molecular flexibility index (Phi) is 3.20. The summed E-state index contributed by atoms with van der Waals surface area (Å²) in [6, 6.07) is 7.40. The Morgan fingerprint density at radius 1 is 1.33 bits per heavy atom. The molecule has 1 aromatic carbocycles. The summed E-state index contributed by atoms with van der Waals surface area (Å²) in [6.45, 7) is 0. The molecule has 0 saturated heterocycles. The summed E-state index contributed by atoms with van der Waals surface area (Å²) >= 11 is 3.37. The quantitative estimate of drug-likeness (QED) is 0.836. The zero-order valence-electron chi connectivity index (χ0n) is 10.0. The zero-order valence-corrected chi connectivity index (χ0v) is 11.6. The van der Waals surface area contributed by atoms with Gasteiger partial charge < -0.3 is 0 Å². The van der Waals surface area contributed by atoms with Gasteiger partial charge in [0.15, 0.2) is 0 Å². The molecule has 4 heteroatoms. The summed E-state index contributed by atoms with van der Waals surface area (Å²) in [5.74, 6) is 1.29. The third-order valence-electron chi connectivity index (χ3n) is 3.93. The first-order chi connectivity index (χ1) is 8.74. The second-order valence-corrected chi connectivity index (χ2v) is 5.96. The van der Waals surface area contributed by atoms with Gasteiger partial charge >= 0.3 is 0 Å². The van der Waals surface area contributed by atoms with Crippen molar-refractivity contribution in [3.8, 4) is 0 Å². The molecule has 0 spiro atoms. The van der Waals surface area contributed by atoms with E-state index in [9.17, 15) is 4.79 Å². The molecular weight excluding hydrogens is 292 g/mol. The number of nitrogens with one attached hydrogen (secondary N) is 1. The molecule has 2 aliphatic carbocycles. The van der Waals surface area contributed by atoms with Gasteiger partial charge in [-0.2, -0.15) is 5.10 Å². The molecule has 1 amide bonds. The van der Waals surface area contributed by atoms with E-state index in [0.29, 0.717) is 11.5 Å². The lowest BCUT2D eigenvalue weighted by molar-refractivity contribution is 0.0953. The zero-order chi connectivity index (χ0) is 12.5. The smallest absolute Gasteiger partial charge is 0.267 e. The highest BCUT2D eigenvalue weighted by molar-refractivity contribution is 9.10. The molecule has 1 N–H and O–H groups in total. The van der Waals surface area contributed by atoms with Crippen molar-refractivity contribution >= 4 is 27.5 Å². The van der Waals surface area contributed by atoms with Crippen molar-refractivity contribution < 1.29 is 4.79 Å². The Bertz CT molecular complexity index is 512. The van der Waals surface area contributed by atoms with Crippen LogP contribution < -0.4 is 5.43 Å². The molecule has 18 heavy (non-hydrogen) atoms. The molecule has 2 saturated carbocycles. The Labute approximate surface area is 115 Å². The lowest BCUT2D eigenvalue weighted by Crippen LogP contribution is -2.22. The average Bonchev–Trinajstić information content (AvgIpc) is 2.98. The summed E-state index contributed by atoms with van der Waals surface area (Å²) in [5.41, 5.74) is 4.50. The topological polar surface area (TPSA) is 41.5 Å². The number of halogens is 1. The maximum Gasteiger partial charge on any atom is 0.272 e. The van der Waals surface area contributed by atoms with Gasteiger partial charge in [-0.1, -0.05) is 12.1 Å². The van der Waals surface area contributed by atoms with Crippen LogP contribution in [0.25, 0.3) is 0 Å². The molecule has 3 nitrogen and oxygen atoms in total. The van der Waals surface area contributed by atoms with Crippen LogP contribution in [-0.2, 0) is 0 Å². The fourth-order valence-corrected chi connectivity index (χ4v) is 3.46. The number of nitrogens with zero attached hydrogens (tertiary/aromatic N) is 1. The van der Waals surface area contributed by atoms with Crippen molar-refractivity contribution in [3.63, 3.8) is 0 Å². The lowest BCUT2D eigenvalue weighted by Gasteiger charge is -2.11. The van der Waals surface area contributed by atoms with E-state index < -0.39 is 0 Å². The van der Waals surface area contributed by atoms with Crippen molar-refractivity contribution in [1.82, 2.24) is 5.43 Å². The van der Waals surface area contributed by atoms with Crippen molar-refractivity contribution in [3.05, 3.63) is 34.3 Å². The summed E-state index contributed by atoms with van der Waals surface area (Å²) in [4.78, 5) is 12.0. The molecule has 2 fully saturated rings. The van der Waals surface area contributed by atoms with Crippen LogP contribution in [0, 0.1) is 11.8 Å². The Morgan fingerprint density at radius 3 is 2.83 bits per heavy atom. The van der Waals surface area contributed by atoms with Crippen LogP contribution in [0.5, 0.6) is 0 Å². The first-order valence-electron chi connectivity index (χ1n) is 6.35. The Morgan fingerprint density at radius 2 is 2.17 bits per heavy atom. The van der Waals surface area contributed by atoms with Crippen LogP contribution >= 0.6 is 15.9 Å². The number of hydrogen-bond donors (Lipinski definition) is 1. The molecule has 0 aliphatic heterocycles. The molecule has 2 bridgehead atoms. The number of fused-ring (bicyclic) bond motifs is 2. The number of carbonyl (C=O) groups is 1. The monoisotopic (exact) mass is 306 g/mol. The summed E-state index contributed by atoms with van der Waals surface area (Å²) < 4.78 is 0.802. The highest BCUT2D eigenvalue weighted by Gasteiger charge is 2.36. The third-order valence-corrected chi connectivity index (χ3v) is 4.62. The predicted octanol–water partition coefficient (Wildman–Crippen LogP) is 3.35. The van der Waals surface area contributed by atoms with Gasteiger partial charge in [0, 0.05) is 10.2 Å². The number of amides is 1. The van der Waals surface area contributed by atoms with E-state index in [4.69, 9.17) is 0 Å². The van der Waals surface area contributed by atoms with E-state index >= 15 is 0 Å². The standard InChI is InChI=1S/C14H15BrN2O/c15-12-4-2-1-3-11(12)14(18)17-16-13-8-9-5-6-10(13)7-9/h1-4,9-10H,5-8H2,(H,17,18)/b16-13-/t9-,10+/m1/s1. The van der Waals surface area contributed by atoms with E-state index in [2.05, 4.69) is 26.5 Å². The van der Waals surface area contributed by atoms with Gasteiger partial charge in [0.05, 0.1) is 5.56 Å². The molecular formula is C14H15BrN2O. The Balaban J connectivity index is 1.69. The van der Waals surface area contributed by atoms with Crippen LogP contribution in [0.2, 0.25) is 0 Å². The SMILES string of the molecule is O=C(N/N=C1/C[C@@H]2CC[C@H]1C2)c1ccccc1Br. The van der Waals surface area contributed by atoms with Gasteiger partial charge in [-0.3, -0.25) is 4.79 Å². The number of hydrogen-bond acceptors (Lipinski definition) is 2. The highest BCUT2D eigenvalue weighted by atomic mass is 79.9. The normalized spacial score (nSPS) is 27.7. The van der Waals surface area contributed by atoms with E-state index in [1.165, 1.54) is 25.0 Å². The van der Waals surface area contributed by atoms with E-state index in [1.54, 1.807) is 6.07 Å². The maximum atomic E-state index is 12.0. The molecule has 0 aromatic heterocycles. The van der Waals surface area contributed by atoms with Crippen molar-refractivity contribution in [2.24, 2.45) is 16.9 Å². The highest BCUT2D eigenvalue weighted by Crippen LogP contribution is 2.42. The second kappa shape index (κ2) is 4.84. The van der Waals surface area contributed by atoms with Gasteiger partial charge in [0.25, 0.3) is 5.91 Å². The first kappa shape index (κ1) is 11.9. The summed E-state index contributed by atoms with van der Waals surface area (Å²) in [5, 5.41) is 4.32. The van der Waals surface area contributed by atoms with E-state index in [1.807, 2.05) is 18.2 Å². The van der Waals surface area contributed by atoms with E-state index in [0.717, 1.165) is 16.8 Å². The van der Waals surface area contributed by atoms with Gasteiger partial charge in [-0.15, -0.1) is 0 Å². The van der Waals surface area contributed by atoms with Gasteiger partial charge in [-0.05, 0) is 65.6 Å². The van der Waals surface area contributed by atoms with Crippen LogP contribution in [0.4, 0.5) is 0 Å².